The largest absolute Gasteiger partial charge is 0.480 e. The highest BCUT2D eigenvalue weighted by Crippen LogP contribution is 2.40. The molecule has 242 valence electrons. The quantitative estimate of drug-likeness (QED) is 0.115. The Morgan fingerprint density at radius 3 is 2.61 bits per heavy atom. The molecule has 1 aromatic carbocycles. The van der Waals surface area contributed by atoms with E-state index in [9.17, 15) is 8.42 Å². The smallest absolute Gasteiger partial charge is 0.267 e. The minimum absolute atomic E-state index is 0.0334. The van der Waals surface area contributed by atoms with Crippen LogP contribution in [0.15, 0.2) is 53.9 Å². The first-order valence-corrected chi connectivity index (χ1v) is 20.1. The van der Waals surface area contributed by atoms with Crippen molar-refractivity contribution in [2.75, 3.05) is 18.4 Å². The minimum Gasteiger partial charge on any atom is -0.480 e. The molecule has 1 aliphatic carbocycles. The Hall–Kier alpha value is -3.92. The maximum atomic E-state index is 15.9. The fourth-order valence-corrected chi connectivity index (χ4v) is 7.15. The van der Waals surface area contributed by atoms with Crippen molar-refractivity contribution in [3.63, 3.8) is 0 Å². The highest BCUT2D eigenvalue weighted by molar-refractivity contribution is 7.92. The van der Waals surface area contributed by atoms with Gasteiger partial charge >= 0.3 is 0 Å². The molecule has 0 spiro atoms. The van der Waals surface area contributed by atoms with Crippen LogP contribution in [0.25, 0.3) is 28.2 Å². The number of halogens is 3. The van der Waals surface area contributed by atoms with E-state index >= 15 is 8.78 Å². The third kappa shape index (κ3) is 6.49. The second-order valence-corrected chi connectivity index (χ2v) is 20.0. The number of nitrogens with zero attached hydrogens (tertiary/aromatic N) is 6. The predicted octanol–water partition coefficient (Wildman–Crippen LogP) is 6.59. The second kappa shape index (κ2) is 12.4. The van der Waals surface area contributed by atoms with Crippen LogP contribution in [0.1, 0.15) is 24.6 Å². The fourth-order valence-electron chi connectivity index (χ4n) is 4.97. The maximum absolute atomic E-state index is 15.9. The van der Waals surface area contributed by atoms with Crippen LogP contribution >= 0.6 is 11.6 Å². The maximum Gasteiger partial charge on any atom is 0.267 e. The number of rotatable bonds is 12. The summed E-state index contributed by atoms with van der Waals surface area (Å²) in [6, 6.07) is 7.35. The predicted molar refractivity (Wildman–Crippen MR) is 172 cm³/mol. The summed E-state index contributed by atoms with van der Waals surface area (Å²) in [5.74, 6) is -0.499. The van der Waals surface area contributed by atoms with Gasteiger partial charge in [-0.3, -0.25) is 9.29 Å². The van der Waals surface area contributed by atoms with Crippen LogP contribution in [-0.2, 0) is 21.5 Å². The number of anilines is 1. The van der Waals surface area contributed by atoms with Gasteiger partial charge in [0.1, 0.15) is 30.4 Å². The molecular weight excluding hydrogens is 656 g/mol. The Morgan fingerprint density at radius 1 is 1.11 bits per heavy atom. The van der Waals surface area contributed by atoms with Gasteiger partial charge in [0.2, 0.25) is 5.88 Å². The molecule has 4 heterocycles. The Balaban J connectivity index is 1.32. The number of fused-ring (bicyclic) bond motifs is 1. The van der Waals surface area contributed by atoms with Gasteiger partial charge in [-0.05, 0) is 43.2 Å². The molecule has 1 N–H and O–H groups in total. The number of sulfonamides is 1. The summed E-state index contributed by atoms with van der Waals surface area (Å²) >= 11 is 5.94. The lowest BCUT2D eigenvalue weighted by atomic mass is 10.0. The first-order chi connectivity index (χ1) is 21.9. The van der Waals surface area contributed by atoms with Gasteiger partial charge in [0.15, 0.2) is 16.5 Å². The summed E-state index contributed by atoms with van der Waals surface area (Å²) in [6.07, 6.45) is 6.33. The molecule has 0 amide bonds. The number of pyridine rings is 2. The molecular formula is C30H32ClF2N7O4SSi. The minimum atomic E-state index is -4.42. The van der Waals surface area contributed by atoms with E-state index in [1.807, 2.05) is 4.57 Å². The van der Waals surface area contributed by atoms with Gasteiger partial charge in [-0.15, -0.1) is 10.2 Å². The van der Waals surface area contributed by atoms with E-state index in [2.05, 4.69) is 44.5 Å². The highest BCUT2D eigenvalue weighted by atomic mass is 35.5. The molecule has 6 rings (SSSR count). The normalized spacial score (nSPS) is 13.8. The Labute approximate surface area is 270 Å². The van der Waals surface area contributed by atoms with Gasteiger partial charge < -0.3 is 13.9 Å². The Bertz CT molecular complexity index is 2040. The van der Waals surface area contributed by atoms with Crippen LogP contribution in [-0.4, -0.2) is 59.3 Å². The van der Waals surface area contributed by atoms with Crippen molar-refractivity contribution in [2.45, 2.75) is 56.1 Å². The fraction of sp³-hybridized carbons (Fsp3) is 0.333. The van der Waals surface area contributed by atoms with Crippen molar-refractivity contribution in [3.05, 3.63) is 71.5 Å². The summed E-state index contributed by atoms with van der Waals surface area (Å²) in [5, 5.41) is 8.94. The van der Waals surface area contributed by atoms with Gasteiger partial charge in [-0.1, -0.05) is 37.3 Å². The van der Waals surface area contributed by atoms with E-state index in [-0.39, 0.29) is 16.5 Å². The molecule has 0 radical (unpaired) electrons. The first kappa shape index (κ1) is 32.0. The lowest BCUT2D eigenvalue weighted by Gasteiger charge is -2.16. The first-order valence-electron chi connectivity index (χ1n) is 14.5. The lowest BCUT2D eigenvalue weighted by Crippen LogP contribution is -2.22. The van der Waals surface area contributed by atoms with Crippen molar-refractivity contribution in [1.82, 2.24) is 29.1 Å². The lowest BCUT2D eigenvalue weighted by molar-refractivity contribution is 0.0860. The molecule has 1 fully saturated rings. The van der Waals surface area contributed by atoms with Crippen molar-refractivity contribution >= 4 is 40.9 Å². The zero-order chi connectivity index (χ0) is 32.8. The molecule has 0 atom stereocenters. The van der Waals surface area contributed by atoms with Crippen LogP contribution in [0.5, 0.6) is 5.88 Å². The number of hydrogen-bond acceptors (Lipinski definition) is 8. The van der Waals surface area contributed by atoms with E-state index in [0.717, 1.165) is 42.9 Å². The molecule has 1 saturated carbocycles. The molecule has 0 bridgehead atoms. The molecule has 46 heavy (non-hydrogen) atoms. The van der Waals surface area contributed by atoms with Crippen LogP contribution < -0.4 is 9.46 Å². The molecule has 16 heteroatoms. The average molecular weight is 688 g/mol. The summed E-state index contributed by atoms with van der Waals surface area (Å²) in [7, 11) is -4.44. The third-order valence-corrected chi connectivity index (χ3v) is 10.8. The zero-order valence-electron chi connectivity index (χ0n) is 25.6. The summed E-state index contributed by atoms with van der Waals surface area (Å²) in [4.78, 5) is 8.02. The van der Waals surface area contributed by atoms with E-state index in [4.69, 9.17) is 21.1 Å². The third-order valence-electron chi connectivity index (χ3n) is 7.57. The standard InChI is InChI=1S/C30H32ClF2N7O4SSi/c1-43-30-24(13-20(31)14-34-30)45(41,42)38-22-9-8-21(32)25(26(22)33)19-7-10-23-27(35-16-39(23)15-19)29-37-36-28(18-5-6-18)40(29)17-44-11-12-46(2,3)4/h7-10,13-16,18,38H,5-6,11-12,17H2,1-4H3. The van der Waals surface area contributed by atoms with E-state index in [1.165, 1.54) is 31.9 Å². The molecule has 1 aliphatic rings. The van der Waals surface area contributed by atoms with Crippen LogP contribution in [0.4, 0.5) is 14.5 Å². The van der Waals surface area contributed by atoms with Gasteiger partial charge in [-0.25, -0.2) is 27.2 Å². The second-order valence-electron chi connectivity index (χ2n) is 12.3. The topological polar surface area (TPSA) is 126 Å². The Kier molecular flexibility index (Phi) is 8.60. The number of ether oxygens (including phenoxy) is 2. The molecule has 0 aliphatic heterocycles. The van der Waals surface area contributed by atoms with Gasteiger partial charge in [0, 0.05) is 38.6 Å². The molecule has 4 aromatic heterocycles. The Morgan fingerprint density at radius 2 is 1.89 bits per heavy atom. The molecule has 11 nitrogen and oxygen atoms in total. The van der Waals surface area contributed by atoms with Gasteiger partial charge in [-0.2, -0.15) is 0 Å². The average Bonchev–Trinajstić information content (AvgIpc) is 3.63. The van der Waals surface area contributed by atoms with Crippen LogP contribution in [0.3, 0.4) is 0 Å². The number of nitrogens with one attached hydrogen (secondary N) is 1. The van der Waals surface area contributed by atoms with E-state index in [0.29, 0.717) is 36.3 Å². The monoisotopic (exact) mass is 687 g/mol. The van der Waals surface area contributed by atoms with E-state index in [1.54, 1.807) is 10.5 Å². The van der Waals surface area contributed by atoms with Gasteiger partial charge in [0.05, 0.1) is 28.9 Å². The zero-order valence-corrected chi connectivity index (χ0v) is 28.2. The SMILES string of the molecule is COc1ncc(Cl)cc1S(=O)(=O)Nc1ccc(F)c(-c2ccc3c(-c4nnc(C5CC5)n4COCC[Si](C)(C)C)ncn3c2)c1F. The van der Waals surface area contributed by atoms with Crippen molar-refractivity contribution in [3.8, 4) is 28.5 Å². The van der Waals surface area contributed by atoms with E-state index < -0.39 is 45.9 Å². The van der Waals surface area contributed by atoms with Crippen LogP contribution in [0.2, 0.25) is 30.7 Å². The van der Waals surface area contributed by atoms with Crippen LogP contribution in [0, 0.1) is 11.6 Å². The van der Waals surface area contributed by atoms with Crippen molar-refractivity contribution in [1.29, 1.82) is 0 Å². The highest BCUT2D eigenvalue weighted by Gasteiger charge is 2.32. The summed E-state index contributed by atoms with van der Waals surface area (Å²) in [5.41, 5.74) is 0.443. The molecule has 0 saturated heterocycles. The number of hydrogen-bond donors (Lipinski definition) is 1. The number of aromatic nitrogens is 6. The van der Waals surface area contributed by atoms with Crippen molar-refractivity contribution in [2.24, 2.45) is 0 Å². The molecule has 0 unspecified atom stereocenters. The number of benzene rings is 1. The molecule has 5 aromatic rings. The van der Waals surface area contributed by atoms with Gasteiger partial charge in [0.25, 0.3) is 10.0 Å². The van der Waals surface area contributed by atoms with Crippen molar-refractivity contribution < 1.29 is 26.7 Å². The number of imidazole rings is 1. The summed E-state index contributed by atoms with van der Waals surface area (Å²) in [6.45, 7) is 7.82. The number of methoxy groups -OCH3 is 1. The summed E-state index contributed by atoms with van der Waals surface area (Å²) < 4.78 is 74.1.